The molecule has 106 valence electrons. The number of carboxylic acids is 1. The van der Waals surface area contributed by atoms with Crippen molar-refractivity contribution in [2.45, 2.75) is 26.7 Å². The Hall–Kier alpha value is -2.17. The van der Waals surface area contributed by atoms with E-state index < -0.39 is 5.97 Å². The molecule has 0 amide bonds. The lowest BCUT2D eigenvalue weighted by Gasteiger charge is -2.25. The molecule has 0 unspecified atom stereocenters. The quantitative estimate of drug-likeness (QED) is 0.876. The molecule has 5 heteroatoms. The molecule has 20 heavy (non-hydrogen) atoms. The van der Waals surface area contributed by atoms with E-state index in [1.807, 2.05) is 24.3 Å². The van der Waals surface area contributed by atoms with Crippen molar-refractivity contribution in [2.24, 2.45) is 0 Å². The summed E-state index contributed by atoms with van der Waals surface area (Å²) in [6.07, 6.45) is 1.91. The molecule has 1 heterocycles. The number of aromatic nitrogens is 2. The molecular weight excluding hydrogens is 254 g/mol. The lowest BCUT2D eigenvalue weighted by Crippen LogP contribution is -2.28. The predicted molar refractivity (Wildman–Crippen MR) is 79.3 cm³/mol. The van der Waals surface area contributed by atoms with Gasteiger partial charge < -0.3 is 10.0 Å². The van der Waals surface area contributed by atoms with Crippen molar-refractivity contribution < 1.29 is 9.90 Å². The summed E-state index contributed by atoms with van der Waals surface area (Å²) in [5.41, 5.74) is 1.45. The summed E-state index contributed by atoms with van der Waals surface area (Å²) in [7, 11) is 0. The van der Waals surface area contributed by atoms with Crippen LogP contribution in [0.15, 0.2) is 24.3 Å². The number of fused-ring (bicyclic) bond motifs is 1. The molecule has 0 bridgehead atoms. The number of hydrogen-bond donors (Lipinski definition) is 1. The van der Waals surface area contributed by atoms with Crippen molar-refractivity contribution >= 4 is 22.6 Å². The van der Waals surface area contributed by atoms with E-state index in [2.05, 4.69) is 28.9 Å². The van der Waals surface area contributed by atoms with E-state index in [1.54, 1.807) is 0 Å². The molecule has 0 aliphatic carbocycles. The summed E-state index contributed by atoms with van der Waals surface area (Å²) in [4.78, 5) is 13.5. The van der Waals surface area contributed by atoms with E-state index in [0.29, 0.717) is 5.69 Å². The molecular formula is C15H19N3O2. The van der Waals surface area contributed by atoms with Crippen LogP contribution in [0, 0.1) is 0 Å². The fourth-order valence-corrected chi connectivity index (χ4v) is 2.38. The van der Waals surface area contributed by atoms with Gasteiger partial charge in [-0.15, -0.1) is 10.2 Å². The molecule has 5 nitrogen and oxygen atoms in total. The second-order valence-corrected chi connectivity index (χ2v) is 4.71. The second kappa shape index (κ2) is 6.32. The molecule has 0 aliphatic rings. The molecule has 0 saturated heterocycles. The van der Waals surface area contributed by atoms with Crippen molar-refractivity contribution in [3.8, 4) is 0 Å². The molecule has 1 aromatic carbocycles. The van der Waals surface area contributed by atoms with Crippen LogP contribution in [0.4, 0.5) is 5.69 Å². The van der Waals surface area contributed by atoms with Gasteiger partial charge in [0.05, 0.1) is 11.2 Å². The maximum absolute atomic E-state index is 11.4. The highest BCUT2D eigenvalue weighted by atomic mass is 16.4. The number of anilines is 1. The Morgan fingerprint density at radius 2 is 1.80 bits per heavy atom. The van der Waals surface area contributed by atoms with Crippen LogP contribution < -0.4 is 4.90 Å². The van der Waals surface area contributed by atoms with Gasteiger partial charge in [0, 0.05) is 18.5 Å². The van der Waals surface area contributed by atoms with Crippen molar-refractivity contribution in [1.29, 1.82) is 0 Å². The summed E-state index contributed by atoms with van der Waals surface area (Å²) in [6, 6.07) is 7.54. The van der Waals surface area contributed by atoms with E-state index in [9.17, 15) is 9.90 Å². The molecule has 0 spiro atoms. The summed E-state index contributed by atoms with van der Waals surface area (Å²) in [6.45, 7) is 5.79. The Balaban J connectivity index is 2.67. The first-order chi connectivity index (χ1) is 9.69. The summed E-state index contributed by atoms with van der Waals surface area (Å²) in [5, 5.41) is 18.1. The van der Waals surface area contributed by atoms with Crippen molar-refractivity contribution in [1.82, 2.24) is 10.2 Å². The fraction of sp³-hybridized carbons (Fsp3) is 0.400. The minimum absolute atomic E-state index is 0.0330. The largest absolute Gasteiger partial charge is 0.476 e. The highest BCUT2D eigenvalue weighted by molar-refractivity contribution is 6.02. The van der Waals surface area contributed by atoms with Gasteiger partial charge in [-0.1, -0.05) is 32.0 Å². The molecule has 1 aromatic heterocycles. The number of carboxylic acid groups (broad SMARTS) is 1. The van der Waals surface area contributed by atoms with Crippen molar-refractivity contribution in [3.05, 3.63) is 30.0 Å². The number of rotatable bonds is 6. The summed E-state index contributed by atoms with van der Waals surface area (Å²) < 4.78 is 0. The van der Waals surface area contributed by atoms with Crippen LogP contribution in [0.5, 0.6) is 0 Å². The third kappa shape index (κ3) is 2.71. The van der Waals surface area contributed by atoms with Gasteiger partial charge in [-0.25, -0.2) is 4.79 Å². The zero-order valence-electron chi connectivity index (χ0n) is 11.8. The first kappa shape index (κ1) is 14.2. The van der Waals surface area contributed by atoms with Gasteiger partial charge in [0.2, 0.25) is 0 Å². The lowest BCUT2D eigenvalue weighted by molar-refractivity contribution is 0.0690. The first-order valence-corrected chi connectivity index (χ1v) is 6.92. The maximum Gasteiger partial charge on any atom is 0.358 e. The number of aromatic carboxylic acids is 1. The third-order valence-corrected chi connectivity index (χ3v) is 3.15. The maximum atomic E-state index is 11.4. The van der Waals surface area contributed by atoms with E-state index >= 15 is 0 Å². The second-order valence-electron chi connectivity index (χ2n) is 4.71. The number of nitrogens with zero attached hydrogens (tertiary/aromatic N) is 3. The Morgan fingerprint density at radius 1 is 1.15 bits per heavy atom. The molecule has 2 aromatic rings. The van der Waals surface area contributed by atoms with Gasteiger partial charge in [-0.2, -0.15) is 0 Å². The van der Waals surface area contributed by atoms with E-state index in [0.717, 1.165) is 36.8 Å². The van der Waals surface area contributed by atoms with Crippen molar-refractivity contribution in [2.75, 3.05) is 18.0 Å². The SMILES string of the molecule is CCCN(CCC)c1c(C(=O)O)nnc2ccccc12. The van der Waals surface area contributed by atoms with Crippen LogP contribution in [0.1, 0.15) is 37.2 Å². The standard InChI is InChI=1S/C15H19N3O2/c1-3-9-18(10-4-2)14-11-7-5-6-8-12(11)16-17-13(14)15(19)20/h5-8H,3-4,9-10H2,1-2H3,(H,19,20). The third-order valence-electron chi connectivity index (χ3n) is 3.15. The average molecular weight is 273 g/mol. The molecule has 0 aliphatic heterocycles. The number of benzene rings is 1. The normalized spacial score (nSPS) is 10.7. The Morgan fingerprint density at radius 3 is 2.40 bits per heavy atom. The minimum atomic E-state index is -1.03. The Labute approximate surface area is 118 Å². The number of hydrogen-bond acceptors (Lipinski definition) is 4. The molecule has 2 rings (SSSR count). The molecule has 0 radical (unpaired) electrons. The topological polar surface area (TPSA) is 66.3 Å². The minimum Gasteiger partial charge on any atom is -0.476 e. The number of carbonyl (C=O) groups is 1. The fourth-order valence-electron chi connectivity index (χ4n) is 2.38. The highest BCUT2D eigenvalue weighted by Gasteiger charge is 2.20. The van der Waals surface area contributed by atoms with Gasteiger partial charge in [0.15, 0.2) is 5.69 Å². The zero-order chi connectivity index (χ0) is 14.5. The van der Waals surface area contributed by atoms with E-state index in [4.69, 9.17) is 0 Å². The average Bonchev–Trinajstić information content (AvgIpc) is 2.45. The lowest BCUT2D eigenvalue weighted by atomic mass is 10.1. The van der Waals surface area contributed by atoms with Crippen LogP contribution >= 0.6 is 0 Å². The zero-order valence-corrected chi connectivity index (χ0v) is 11.8. The van der Waals surface area contributed by atoms with Crippen molar-refractivity contribution in [3.63, 3.8) is 0 Å². The first-order valence-electron chi connectivity index (χ1n) is 6.92. The molecule has 0 fully saturated rings. The monoisotopic (exact) mass is 273 g/mol. The van der Waals surface area contributed by atoms with Crippen LogP contribution in [0.3, 0.4) is 0 Å². The highest BCUT2D eigenvalue weighted by Crippen LogP contribution is 2.28. The summed E-state index contributed by atoms with van der Waals surface area (Å²) >= 11 is 0. The van der Waals surface area contributed by atoms with Gasteiger partial charge in [0.25, 0.3) is 0 Å². The molecule has 0 saturated carbocycles. The van der Waals surface area contributed by atoms with Gasteiger partial charge in [-0.05, 0) is 18.9 Å². The van der Waals surface area contributed by atoms with Gasteiger partial charge in [0.1, 0.15) is 0 Å². The van der Waals surface area contributed by atoms with Crippen LogP contribution in [-0.4, -0.2) is 34.4 Å². The van der Waals surface area contributed by atoms with Crippen LogP contribution in [0.25, 0.3) is 10.9 Å². The van der Waals surface area contributed by atoms with Crippen LogP contribution in [-0.2, 0) is 0 Å². The Bertz CT molecular complexity index is 607. The predicted octanol–water partition coefficient (Wildman–Crippen LogP) is 2.95. The molecule has 1 N–H and O–H groups in total. The van der Waals surface area contributed by atoms with E-state index in [-0.39, 0.29) is 5.69 Å². The van der Waals surface area contributed by atoms with Crippen LogP contribution in [0.2, 0.25) is 0 Å². The smallest absolute Gasteiger partial charge is 0.358 e. The van der Waals surface area contributed by atoms with Gasteiger partial charge in [-0.3, -0.25) is 0 Å². The van der Waals surface area contributed by atoms with E-state index in [1.165, 1.54) is 0 Å². The summed E-state index contributed by atoms with van der Waals surface area (Å²) in [5.74, 6) is -1.03. The van der Waals surface area contributed by atoms with Gasteiger partial charge >= 0.3 is 5.97 Å². The Kier molecular flexibility index (Phi) is 4.50. The molecule has 0 atom stereocenters.